The van der Waals surface area contributed by atoms with Crippen molar-refractivity contribution in [1.29, 1.82) is 0 Å². The maximum Gasteiger partial charge on any atom is 0.0597 e. The summed E-state index contributed by atoms with van der Waals surface area (Å²) in [6.45, 7) is 7.00. The quantitative estimate of drug-likeness (QED) is 0.872. The van der Waals surface area contributed by atoms with Crippen molar-refractivity contribution >= 4 is 0 Å². The molecule has 4 nitrogen and oxygen atoms in total. The number of nitrogens with zero attached hydrogens (tertiary/aromatic N) is 2. The molecule has 0 amide bonds. The standard InChI is InChI=1S/C14H25N3O/c1-4-17-14(9-11(2)16-17)13(15-3)10-12-5-7-18-8-6-12/h9,12-13,15H,4-8,10H2,1-3H3. The maximum atomic E-state index is 5.43. The molecule has 1 aromatic heterocycles. The molecule has 0 radical (unpaired) electrons. The van der Waals surface area contributed by atoms with Gasteiger partial charge in [0.1, 0.15) is 0 Å². The molecule has 0 saturated carbocycles. The molecule has 1 fully saturated rings. The van der Waals surface area contributed by atoms with Crippen molar-refractivity contribution in [2.45, 2.75) is 45.7 Å². The van der Waals surface area contributed by atoms with E-state index in [9.17, 15) is 0 Å². The fraction of sp³-hybridized carbons (Fsp3) is 0.786. The second-order valence-electron chi connectivity index (χ2n) is 5.16. The van der Waals surface area contributed by atoms with Gasteiger partial charge >= 0.3 is 0 Å². The first kappa shape index (κ1) is 13.6. The van der Waals surface area contributed by atoms with Crippen LogP contribution in [0.4, 0.5) is 0 Å². The summed E-state index contributed by atoms with van der Waals surface area (Å²) < 4.78 is 7.55. The first-order chi connectivity index (χ1) is 8.74. The summed E-state index contributed by atoms with van der Waals surface area (Å²) >= 11 is 0. The second-order valence-corrected chi connectivity index (χ2v) is 5.16. The highest BCUT2D eigenvalue weighted by Crippen LogP contribution is 2.27. The summed E-state index contributed by atoms with van der Waals surface area (Å²) in [5, 5.41) is 8.00. The van der Waals surface area contributed by atoms with Crippen molar-refractivity contribution in [2.75, 3.05) is 20.3 Å². The van der Waals surface area contributed by atoms with Crippen LogP contribution in [0.5, 0.6) is 0 Å². The van der Waals surface area contributed by atoms with Crippen LogP contribution in [-0.4, -0.2) is 30.0 Å². The average molecular weight is 251 g/mol. The third kappa shape index (κ3) is 3.12. The van der Waals surface area contributed by atoms with Gasteiger partial charge in [-0.15, -0.1) is 0 Å². The molecule has 1 aliphatic rings. The molecule has 1 aliphatic heterocycles. The molecule has 18 heavy (non-hydrogen) atoms. The van der Waals surface area contributed by atoms with Crippen LogP contribution in [0.1, 0.15) is 43.6 Å². The van der Waals surface area contributed by atoms with E-state index in [0.29, 0.717) is 6.04 Å². The van der Waals surface area contributed by atoms with Gasteiger partial charge in [-0.25, -0.2) is 0 Å². The van der Waals surface area contributed by atoms with Crippen LogP contribution in [0.25, 0.3) is 0 Å². The fourth-order valence-electron chi connectivity index (χ4n) is 2.80. The number of hydrogen-bond acceptors (Lipinski definition) is 3. The highest BCUT2D eigenvalue weighted by atomic mass is 16.5. The number of rotatable bonds is 5. The Labute approximate surface area is 110 Å². The highest BCUT2D eigenvalue weighted by molar-refractivity contribution is 5.13. The number of nitrogens with one attached hydrogen (secondary N) is 1. The zero-order valence-electron chi connectivity index (χ0n) is 11.8. The zero-order valence-corrected chi connectivity index (χ0v) is 11.8. The smallest absolute Gasteiger partial charge is 0.0597 e. The first-order valence-corrected chi connectivity index (χ1v) is 7.04. The normalized spacial score (nSPS) is 19.1. The Kier molecular flexibility index (Phi) is 4.78. The van der Waals surface area contributed by atoms with Gasteiger partial charge < -0.3 is 10.1 Å². The fourth-order valence-corrected chi connectivity index (χ4v) is 2.80. The minimum Gasteiger partial charge on any atom is -0.381 e. The molecule has 1 saturated heterocycles. The van der Waals surface area contributed by atoms with E-state index < -0.39 is 0 Å². The predicted octanol–water partition coefficient (Wildman–Crippen LogP) is 2.29. The minimum absolute atomic E-state index is 0.411. The number of aryl methyl sites for hydroxylation is 2. The molecule has 102 valence electrons. The van der Waals surface area contributed by atoms with Crippen molar-refractivity contribution in [3.63, 3.8) is 0 Å². The SMILES string of the molecule is CCn1nc(C)cc1C(CC1CCOCC1)NC. The van der Waals surface area contributed by atoms with E-state index in [1.807, 2.05) is 7.05 Å². The molecular formula is C14H25N3O. The summed E-state index contributed by atoms with van der Waals surface area (Å²) in [5.41, 5.74) is 2.43. The lowest BCUT2D eigenvalue weighted by molar-refractivity contribution is 0.0605. The molecule has 2 heterocycles. The Balaban J connectivity index is 2.06. The third-order valence-electron chi connectivity index (χ3n) is 3.85. The Morgan fingerprint density at radius 3 is 2.83 bits per heavy atom. The van der Waals surface area contributed by atoms with E-state index in [4.69, 9.17) is 4.74 Å². The Hall–Kier alpha value is -0.870. The number of ether oxygens (including phenoxy) is 1. The van der Waals surface area contributed by atoms with Crippen LogP contribution in [0, 0.1) is 12.8 Å². The molecule has 1 atom stereocenters. The van der Waals surface area contributed by atoms with Crippen molar-refractivity contribution in [3.05, 3.63) is 17.5 Å². The third-order valence-corrected chi connectivity index (χ3v) is 3.85. The van der Waals surface area contributed by atoms with Gasteiger partial charge in [0.15, 0.2) is 0 Å². The summed E-state index contributed by atoms with van der Waals surface area (Å²) in [7, 11) is 2.05. The topological polar surface area (TPSA) is 39.1 Å². The molecule has 1 unspecified atom stereocenters. The Bertz CT molecular complexity index is 369. The van der Waals surface area contributed by atoms with Crippen molar-refractivity contribution in [2.24, 2.45) is 5.92 Å². The van der Waals surface area contributed by atoms with E-state index in [0.717, 1.165) is 31.4 Å². The van der Waals surface area contributed by atoms with E-state index in [1.165, 1.54) is 25.0 Å². The van der Waals surface area contributed by atoms with Crippen LogP contribution in [-0.2, 0) is 11.3 Å². The number of hydrogen-bond donors (Lipinski definition) is 1. The first-order valence-electron chi connectivity index (χ1n) is 7.04. The van der Waals surface area contributed by atoms with Crippen molar-refractivity contribution < 1.29 is 4.74 Å². The van der Waals surface area contributed by atoms with Crippen LogP contribution >= 0.6 is 0 Å². The van der Waals surface area contributed by atoms with Crippen molar-refractivity contribution in [1.82, 2.24) is 15.1 Å². The molecule has 0 aliphatic carbocycles. The van der Waals surface area contributed by atoms with Gasteiger partial charge in [0.25, 0.3) is 0 Å². The van der Waals surface area contributed by atoms with Crippen LogP contribution in [0.3, 0.4) is 0 Å². The molecule has 0 aromatic carbocycles. The average Bonchev–Trinajstić information content (AvgIpc) is 2.78. The molecule has 1 aromatic rings. The van der Waals surface area contributed by atoms with Crippen molar-refractivity contribution in [3.8, 4) is 0 Å². The van der Waals surface area contributed by atoms with Crippen LogP contribution in [0.15, 0.2) is 6.07 Å². The molecule has 1 N–H and O–H groups in total. The summed E-state index contributed by atoms with van der Waals surface area (Å²) in [6, 6.07) is 2.62. The largest absolute Gasteiger partial charge is 0.381 e. The Morgan fingerprint density at radius 1 is 1.50 bits per heavy atom. The number of aromatic nitrogens is 2. The molecular weight excluding hydrogens is 226 g/mol. The summed E-state index contributed by atoms with van der Waals surface area (Å²) in [6.07, 6.45) is 3.57. The second kappa shape index (κ2) is 6.34. The summed E-state index contributed by atoms with van der Waals surface area (Å²) in [4.78, 5) is 0. The van der Waals surface area contributed by atoms with Gasteiger partial charge in [0, 0.05) is 25.8 Å². The van der Waals surface area contributed by atoms with Gasteiger partial charge in [0.05, 0.1) is 11.4 Å². The van der Waals surface area contributed by atoms with E-state index >= 15 is 0 Å². The minimum atomic E-state index is 0.411. The molecule has 4 heteroatoms. The van der Waals surface area contributed by atoms with Gasteiger partial charge in [-0.1, -0.05) is 0 Å². The zero-order chi connectivity index (χ0) is 13.0. The highest BCUT2D eigenvalue weighted by Gasteiger charge is 2.22. The predicted molar refractivity (Wildman–Crippen MR) is 72.6 cm³/mol. The van der Waals surface area contributed by atoms with Gasteiger partial charge in [-0.05, 0) is 52.1 Å². The summed E-state index contributed by atoms with van der Waals surface area (Å²) in [5.74, 6) is 0.775. The lowest BCUT2D eigenvalue weighted by atomic mass is 9.91. The van der Waals surface area contributed by atoms with Gasteiger partial charge in [-0.3, -0.25) is 4.68 Å². The monoisotopic (exact) mass is 251 g/mol. The molecule has 2 rings (SSSR count). The van der Waals surface area contributed by atoms with Crippen LogP contribution in [0.2, 0.25) is 0 Å². The lowest BCUT2D eigenvalue weighted by Crippen LogP contribution is -2.25. The van der Waals surface area contributed by atoms with Gasteiger partial charge in [0.2, 0.25) is 0 Å². The Morgan fingerprint density at radius 2 is 2.22 bits per heavy atom. The van der Waals surface area contributed by atoms with E-state index in [2.05, 4.69) is 35.0 Å². The molecule has 0 bridgehead atoms. The van der Waals surface area contributed by atoms with E-state index in [1.54, 1.807) is 0 Å². The van der Waals surface area contributed by atoms with Gasteiger partial charge in [-0.2, -0.15) is 5.10 Å². The lowest BCUT2D eigenvalue weighted by Gasteiger charge is -2.26. The van der Waals surface area contributed by atoms with E-state index in [-0.39, 0.29) is 0 Å². The maximum absolute atomic E-state index is 5.43. The molecule has 0 spiro atoms. The van der Waals surface area contributed by atoms with Crippen LogP contribution < -0.4 is 5.32 Å².